The topological polar surface area (TPSA) is 68.2 Å². The molecule has 0 radical (unpaired) electrons. The Morgan fingerprint density at radius 1 is 1.03 bits per heavy atom. The molecule has 1 saturated carbocycles. The van der Waals surface area contributed by atoms with Gasteiger partial charge in [-0.2, -0.15) is 10.1 Å². The number of nitrogens with zero attached hydrogens (tertiary/aromatic N) is 2. The highest BCUT2D eigenvalue weighted by Crippen LogP contribution is 2.52. The van der Waals surface area contributed by atoms with Crippen molar-refractivity contribution in [3.63, 3.8) is 0 Å². The molecule has 33 heavy (non-hydrogen) atoms. The molecule has 2 amide bonds. The number of imide groups is 1. The van der Waals surface area contributed by atoms with E-state index in [2.05, 4.69) is 5.10 Å². The molecule has 1 aliphatic heterocycles. The summed E-state index contributed by atoms with van der Waals surface area (Å²) in [5.41, 5.74) is 1.19. The minimum absolute atomic E-state index is 0.117. The Kier molecular flexibility index (Phi) is 5.85. The highest BCUT2D eigenvalue weighted by Gasteiger charge is 2.59. The van der Waals surface area contributed by atoms with Gasteiger partial charge in [0, 0.05) is 32.3 Å². The van der Waals surface area contributed by atoms with Crippen LogP contribution in [-0.2, 0) is 16.2 Å². The standard InChI is InChI=1S/C24H19Cl3N2O4/c1-32-19-9-17(26)7-15(22(19)33-11-14-4-5-16(25)8-18(14)27)10-28-29-23(30)20-12-2-3-13(6-12)21(20)24(29)31/h2-5,7-10,12-13,20-21H,6,11H2,1H3/t12-,13-,20-,21+/m0/s1. The quantitative estimate of drug-likeness (QED) is 0.300. The molecule has 2 aliphatic carbocycles. The molecular weight excluding hydrogens is 487 g/mol. The van der Waals surface area contributed by atoms with Gasteiger partial charge in [-0.25, -0.2) is 0 Å². The Morgan fingerprint density at radius 2 is 1.73 bits per heavy atom. The summed E-state index contributed by atoms with van der Waals surface area (Å²) in [6, 6.07) is 8.36. The van der Waals surface area contributed by atoms with Gasteiger partial charge >= 0.3 is 0 Å². The first-order valence-corrected chi connectivity index (χ1v) is 11.5. The lowest BCUT2D eigenvalue weighted by atomic mass is 9.85. The van der Waals surface area contributed by atoms with Crippen LogP contribution >= 0.6 is 34.8 Å². The van der Waals surface area contributed by atoms with Crippen molar-refractivity contribution < 1.29 is 19.1 Å². The van der Waals surface area contributed by atoms with Crippen LogP contribution in [0.5, 0.6) is 11.5 Å². The van der Waals surface area contributed by atoms with E-state index in [1.165, 1.54) is 13.3 Å². The minimum Gasteiger partial charge on any atom is -0.493 e. The summed E-state index contributed by atoms with van der Waals surface area (Å²) in [6.45, 7) is 0.135. The maximum atomic E-state index is 12.9. The lowest BCUT2D eigenvalue weighted by molar-refractivity contribution is -0.140. The molecule has 0 N–H and O–H groups in total. The van der Waals surface area contributed by atoms with E-state index in [1.54, 1.807) is 30.3 Å². The molecule has 9 heteroatoms. The number of amides is 2. The number of carbonyl (C=O) groups excluding carboxylic acids is 2. The Balaban J connectivity index is 1.42. The summed E-state index contributed by atoms with van der Waals surface area (Å²) in [7, 11) is 1.49. The first-order valence-electron chi connectivity index (χ1n) is 10.4. The third-order valence-electron chi connectivity index (χ3n) is 6.41. The lowest BCUT2D eigenvalue weighted by Crippen LogP contribution is -2.28. The first-order chi connectivity index (χ1) is 15.9. The summed E-state index contributed by atoms with van der Waals surface area (Å²) in [6.07, 6.45) is 6.35. The smallest absolute Gasteiger partial charge is 0.254 e. The summed E-state index contributed by atoms with van der Waals surface area (Å²) in [5.74, 6) is -0.186. The molecule has 0 unspecified atom stereocenters. The molecule has 170 valence electrons. The fourth-order valence-corrected chi connectivity index (χ4v) is 5.58. The molecular formula is C24H19Cl3N2O4. The van der Waals surface area contributed by atoms with Crippen molar-refractivity contribution >= 4 is 52.8 Å². The molecule has 0 aromatic heterocycles. The molecule has 2 fully saturated rings. The van der Waals surface area contributed by atoms with Crippen molar-refractivity contribution in [2.75, 3.05) is 7.11 Å². The fraction of sp³-hybridized carbons (Fsp3) is 0.292. The van der Waals surface area contributed by atoms with Crippen LogP contribution in [0.2, 0.25) is 15.1 Å². The predicted octanol–water partition coefficient (Wildman–Crippen LogP) is 5.38. The van der Waals surface area contributed by atoms with Gasteiger partial charge in [-0.05, 0) is 36.5 Å². The molecule has 4 atom stereocenters. The number of allylic oxidation sites excluding steroid dienone is 2. The SMILES string of the molecule is COc1cc(Cl)cc(C=NN2C(=O)[C@@H]3[C@H](C2=O)[C@H]2C=C[C@H]3C2)c1OCc1ccc(Cl)cc1Cl. The molecule has 6 nitrogen and oxygen atoms in total. The van der Waals surface area contributed by atoms with Crippen LogP contribution in [0, 0.1) is 23.7 Å². The molecule has 5 rings (SSSR count). The van der Waals surface area contributed by atoms with Crippen molar-refractivity contribution in [2.24, 2.45) is 28.8 Å². The molecule has 1 saturated heterocycles. The van der Waals surface area contributed by atoms with E-state index in [9.17, 15) is 9.59 Å². The summed E-state index contributed by atoms with van der Waals surface area (Å²) >= 11 is 18.5. The number of benzene rings is 2. The zero-order valence-corrected chi connectivity index (χ0v) is 19.8. The maximum absolute atomic E-state index is 12.9. The molecule has 2 aromatic carbocycles. The summed E-state index contributed by atoms with van der Waals surface area (Å²) in [5, 5.41) is 6.60. The van der Waals surface area contributed by atoms with Gasteiger partial charge in [0.05, 0.1) is 25.2 Å². The molecule has 1 heterocycles. The number of ether oxygens (including phenoxy) is 2. The predicted molar refractivity (Wildman–Crippen MR) is 126 cm³/mol. The average Bonchev–Trinajstić information content (AvgIpc) is 3.46. The zero-order chi connectivity index (χ0) is 23.3. The molecule has 2 bridgehead atoms. The van der Waals surface area contributed by atoms with Crippen LogP contribution in [0.4, 0.5) is 0 Å². The van der Waals surface area contributed by atoms with Gasteiger partial charge in [0.15, 0.2) is 11.5 Å². The van der Waals surface area contributed by atoms with Crippen molar-refractivity contribution in [1.29, 1.82) is 0 Å². The third kappa shape index (κ3) is 3.90. The van der Waals surface area contributed by atoms with Gasteiger partial charge in [-0.1, -0.05) is 53.0 Å². The number of halogens is 3. The molecule has 2 aromatic rings. The Bertz CT molecular complexity index is 1180. The van der Waals surface area contributed by atoms with Crippen LogP contribution in [0.25, 0.3) is 0 Å². The Labute approximate surface area is 205 Å². The van der Waals surface area contributed by atoms with E-state index in [-0.39, 0.29) is 42.1 Å². The van der Waals surface area contributed by atoms with Crippen molar-refractivity contribution in [2.45, 2.75) is 13.0 Å². The first kappa shape index (κ1) is 22.3. The van der Waals surface area contributed by atoms with Gasteiger partial charge in [0.25, 0.3) is 11.8 Å². The second-order valence-corrected chi connectivity index (χ2v) is 9.56. The van der Waals surface area contributed by atoms with Gasteiger partial charge < -0.3 is 9.47 Å². The van der Waals surface area contributed by atoms with Crippen molar-refractivity contribution in [3.05, 3.63) is 68.7 Å². The summed E-state index contributed by atoms with van der Waals surface area (Å²) in [4.78, 5) is 25.8. The van der Waals surface area contributed by atoms with Crippen LogP contribution in [0.15, 0.2) is 47.6 Å². The van der Waals surface area contributed by atoms with Crippen molar-refractivity contribution in [3.8, 4) is 11.5 Å². The van der Waals surface area contributed by atoms with Crippen LogP contribution in [-0.4, -0.2) is 30.1 Å². The number of methoxy groups -OCH3 is 1. The van der Waals surface area contributed by atoms with Gasteiger partial charge in [0.1, 0.15) is 6.61 Å². The van der Waals surface area contributed by atoms with E-state index >= 15 is 0 Å². The number of hydrogen-bond acceptors (Lipinski definition) is 5. The molecule has 0 spiro atoms. The summed E-state index contributed by atoms with van der Waals surface area (Å²) < 4.78 is 11.4. The van der Waals surface area contributed by atoms with Gasteiger partial charge in [-0.3, -0.25) is 9.59 Å². The fourth-order valence-electron chi connectivity index (χ4n) is 4.90. The van der Waals surface area contributed by atoms with Crippen LogP contribution in [0.3, 0.4) is 0 Å². The van der Waals surface area contributed by atoms with Crippen LogP contribution in [0.1, 0.15) is 17.5 Å². The largest absolute Gasteiger partial charge is 0.493 e. The van der Waals surface area contributed by atoms with E-state index in [1.807, 2.05) is 12.2 Å². The minimum atomic E-state index is -0.318. The second kappa shape index (κ2) is 8.67. The van der Waals surface area contributed by atoms with Crippen LogP contribution < -0.4 is 9.47 Å². The number of hydrogen-bond donors (Lipinski definition) is 0. The number of carbonyl (C=O) groups is 2. The van der Waals surface area contributed by atoms with Gasteiger partial charge in [0.2, 0.25) is 0 Å². The maximum Gasteiger partial charge on any atom is 0.254 e. The van der Waals surface area contributed by atoms with E-state index < -0.39 is 0 Å². The Morgan fingerprint density at radius 3 is 2.36 bits per heavy atom. The molecule has 3 aliphatic rings. The number of fused-ring (bicyclic) bond motifs is 5. The highest BCUT2D eigenvalue weighted by molar-refractivity contribution is 6.35. The Hall–Kier alpha value is -2.54. The normalized spacial score (nSPS) is 25.4. The second-order valence-electron chi connectivity index (χ2n) is 8.28. The van der Waals surface area contributed by atoms with E-state index in [0.717, 1.165) is 17.0 Å². The highest BCUT2D eigenvalue weighted by atomic mass is 35.5. The van der Waals surface area contributed by atoms with E-state index in [0.29, 0.717) is 32.1 Å². The number of hydrazone groups is 1. The van der Waals surface area contributed by atoms with Crippen molar-refractivity contribution in [1.82, 2.24) is 5.01 Å². The van der Waals surface area contributed by atoms with Gasteiger partial charge in [-0.15, -0.1) is 0 Å². The lowest BCUT2D eigenvalue weighted by Gasteiger charge is -2.15. The zero-order valence-electron chi connectivity index (χ0n) is 17.5. The van der Waals surface area contributed by atoms with E-state index in [4.69, 9.17) is 44.3 Å². The third-order valence-corrected chi connectivity index (χ3v) is 7.22. The monoisotopic (exact) mass is 504 g/mol. The number of rotatable bonds is 6. The average molecular weight is 506 g/mol.